The second-order valence-corrected chi connectivity index (χ2v) is 9.83. The van der Waals surface area contributed by atoms with Crippen molar-refractivity contribution in [1.29, 1.82) is 5.26 Å². The minimum absolute atomic E-state index is 0.0282. The molecule has 3 aromatic rings. The molecule has 3 N–H and O–H groups in total. The van der Waals surface area contributed by atoms with Gasteiger partial charge in [0.1, 0.15) is 5.54 Å². The van der Waals surface area contributed by atoms with E-state index in [1.165, 1.54) is 11.3 Å². The number of hydrogen-bond donors (Lipinski definition) is 3. The van der Waals surface area contributed by atoms with E-state index in [0.29, 0.717) is 13.2 Å². The zero-order valence-electron chi connectivity index (χ0n) is 20.4. The van der Waals surface area contributed by atoms with Gasteiger partial charge < -0.3 is 25.2 Å². The fraction of sp³-hybridized carbons (Fsp3) is 0.385. The Hall–Kier alpha value is -3.72. The number of carbonyl (C=O) groups is 2. The smallest absolute Gasteiger partial charge is 0.405 e. The standard InChI is InChI=1S/C26H28N4O6S/c1-35-13-10-30-21-14-19(6-7-22(21)37-25(30)34)17-2-4-18(5-3-17)20(15-27)16-28-23(31)26(29-24(32)33)8-11-36-12-9-26/h2-7,14,20,29H,8-13,16H2,1H3,(H,28,31)(H,32,33). The number of nitrogens with zero attached hydrogens (tertiary/aromatic N) is 2. The van der Waals surface area contributed by atoms with Crippen LogP contribution >= 0.6 is 11.3 Å². The summed E-state index contributed by atoms with van der Waals surface area (Å²) in [7, 11) is 1.60. The number of benzene rings is 2. The van der Waals surface area contributed by atoms with Crippen LogP contribution in [0, 0.1) is 11.3 Å². The maximum atomic E-state index is 12.9. The normalized spacial score (nSPS) is 15.6. The van der Waals surface area contributed by atoms with E-state index in [1.54, 1.807) is 11.7 Å². The molecule has 0 aliphatic carbocycles. The lowest BCUT2D eigenvalue weighted by Crippen LogP contribution is -2.61. The third kappa shape index (κ3) is 5.83. The summed E-state index contributed by atoms with van der Waals surface area (Å²) in [5, 5.41) is 24.1. The Morgan fingerprint density at radius 2 is 1.92 bits per heavy atom. The fourth-order valence-electron chi connectivity index (χ4n) is 4.48. The van der Waals surface area contributed by atoms with Gasteiger partial charge in [0, 0.05) is 39.7 Å². The molecule has 0 radical (unpaired) electrons. The third-order valence-corrected chi connectivity index (χ3v) is 7.54. The molecule has 1 aliphatic rings. The first-order chi connectivity index (χ1) is 17.9. The maximum Gasteiger partial charge on any atom is 0.405 e. The van der Waals surface area contributed by atoms with Gasteiger partial charge in [0.25, 0.3) is 0 Å². The predicted octanol–water partition coefficient (Wildman–Crippen LogP) is 2.92. The molecule has 37 heavy (non-hydrogen) atoms. The summed E-state index contributed by atoms with van der Waals surface area (Å²) in [5.41, 5.74) is 2.18. The van der Waals surface area contributed by atoms with Crippen LogP contribution < -0.4 is 15.5 Å². The van der Waals surface area contributed by atoms with E-state index in [4.69, 9.17) is 9.47 Å². The minimum Gasteiger partial charge on any atom is -0.465 e. The maximum absolute atomic E-state index is 12.9. The number of thiazole rings is 1. The molecule has 1 fully saturated rings. The molecule has 1 aliphatic heterocycles. The highest BCUT2D eigenvalue weighted by atomic mass is 32.1. The Balaban J connectivity index is 1.48. The second-order valence-electron chi connectivity index (χ2n) is 8.83. The zero-order chi connectivity index (χ0) is 26.4. The number of aromatic nitrogens is 1. The topological polar surface area (TPSA) is 143 Å². The summed E-state index contributed by atoms with van der Waals surface area (Å²) in [5.74, 6) is -1.07. The van der Waals surface area contributed by atoms with Crippen LogP contribution in [-0.4, -0.2) is 60.7 Å². The average Bonchev–Trinajstić information content (AvgIpc) is 3.22. The van der Waals surface area contributed by atoms with Crippen LogP contribution in [0.3, 0.4) is 0 Å². The van der Waals surface area contributed by atoms with E-state index in [-0.39, 0.29) is 37.5 Å². The van der Waals surface area contributed by atoms with Gasteiger partial charge in [-0.05, 0) is 28.8 Å². The Labute approximate surface area is 217 Å². The highest BCUT2D eigenvalue weighted by Crippen LogP contribution is 2.28. The molecule has 194 valence electrons. The summed E-state index contributed by atoms with van der Waals surface area (Å²) in [4.78, 5) is 36.5. The van der Waals surface area contributed by atoms with Gasteiger partial charge in [-0.3, -0.25) is 14.2 Å². The molecule has 4 rings (SSSR count). The molecular formula is C26H28N4O6S. The lowest BCUT2D eigenvalue weighted by molar-refractivity contribution is -0.131. The highest BCUT2D eigenvalue weighted by molar-refractivity contribution is 7.16. The van der Waals surface area contributed by atoms with Gasteiger partial charge in [-0.15, -0.1) is 0 Å². The van der Waals surface area contributed by atoms with Gasteiger partial charge >= 0.3 is 11.0 Å². The van der Waals surface area contributed by atoms with E-state index in [9.17, 15) is 24.8 Å². The molecule has 2 heterocycles. The van der Waals surface area contributed by atoms with E-state index in [2.05, 4.69) is 16.7 Å². The Morgan fingerprint density at radius 3 is 2.57 bits per heavy atom. The van der Waals surface area contributed by atoms with Crippen LogP contribution in [0.4, 0.5) is 4.79 Å². The van der Waals surface area contributed by atoms with Crippen LogP contribution in [0.15, 0.2) is 47.3 Å². The third-order valence-electron chi connectivity index (χ3n) is 6.58. The summed E-state index contributed by atoms with van der Waals surface area (Å²) >= 11 is 1.20. The molecule has 2 amide bonds. The van der Waals surface area contributed by atoms with Gasteiger partial charge in [0.15, 0.2) is 0 Å². The van der Waals surface area contributed by atoms with E-state index >= 15 is 0 Å². The molecule has 10 nitrogen and oxygen atoms in total. The summed E-state index contributed by atoms with van der Waals surface area (Å²) < 4.78 is 13.0. The van der Waals surface area contributed by atoms with Crippen LogP contribution in [0.1, 0.15) is 24.3 Å². The molecule has 1 unspecified atom stereocenters. The van der Waals surface area contributed by atoms with Crippen LogP contribution in [0.5, 0.6) is 0 Å². The van der Waals surface area contributed by atoms with Crippen molar-refractivity contribution in [3.05, 3.63) is 57.7 Å². The lowest BCUT2D eigenvalue weighted by atomic mass is 9.88. The van der Waals surface area contributed by atoms with Gasteiger partial charge in [-0.1, -0.05) is 41.7 Å². The molecule has 1 aromatic heterocycles. The van der Waals surface area contributed by atoms with Crippen LogP contribution in [0.25, 0.3) is 21.3 Å². The van der Waals surface area contributed by atoms with Gasteiger partial charge in [0.2, 0.25) is 5.91 Å². The number of fused-ring (bicyclic) bond motifs is 1. The van der Waals surface area contributed by atoms with E-state index in [1.807, 2.05) is 42.5 Å². The van der Waals surface area contributed by atoms with Crippen molar-refractivity contribution in [2.24, 2.45) is 0 Å². The number of amides is 2. The van der Waals surface area contributed by atoms with Gasteiger partial charge in [-0.25, -0.2) is 4.79 Å². The van der Waals surface area contributed by atoms with Crippen molar-refractivity contribution in [3.63, 3.8) is 0 Å². The summed E-state index contributed by atoms with van der Waals surface area (Å²) in [6, 6.07) is 15.6. The summed E-state index contributed by atoms with van der Waals surface area (Å²) in [6.45, 7) is 1.51. The number of ether oxygens (including phenoxy) is 2. The molecule has 0 spiro atoms. The SMILES string of the molecule is COCCn1c(=O)sc2ccc(-c3ccc(C(C#N)CNC(=O)C4(NC(=O)O)CCOCC4)cc3)cc21. The van der Waals surface area contributed by atoms with E-state index in [0.717, 1.165) is 26.9 Å². The number of nitrogens with one attached hydrogen (secondary N) is 2. The highest BCUT2D eigenvalue weighted by Gasteiger charge is 2.41. The lowest BCUT2D eigenvalue weighted by Gasteiger charge is -2.35. The van der Waals surface area contributed by atoms with Crippen molar-refractivity contribution in [2.45, 2.75) is 30.8 Å². The Bertz CT molecular complexity index is 1370. The Kier molecular flexibility index (Phi) is 8.23. The van der Waals surface area contributed by atoms with Crippen molar-refractivity contribution in [1.82, 2.24) is 15.2 Å². The molecular weight excluding hydrogens is 496 g/mol. The first-order valence-corrected chi connectivity index (χ1v) is 12.7. The van der Waals surface area contributed by atoms with Crippen LogP contribution in [0.2, 0.25) is 0 Å². The fourth-order valence-corrected chi connectivity index (χ4v) is 5.38. The molecule has 11 heteroatoms. The largest absolute Gasteiger partial charge is 0.465 e. The molecule has 0 saturated carbocycles. The number of nitriles is 1. The predicted molar refractivity (Wildman–Crippen MR) is 139 cm³/mol. The zero-order valence-corrected chi connectivity index (χ0v) is 21.2. The molecule has 1 saturated heterocycles. The number of carboxylic acid groups (broad SMARTS) is 1. The Morgan fingerprint density at radius 1 is 1.22 bits per heavy atom. The van der Waals surface area contributed by atoms with Gasteiger partial charge in [0.05, 0.1) is 35.4 Å². The number of methoxy groups -OCH3 is 1. The quantitative estimate of drug-likeness (QED) is 0.391. The molecule has 1 atom stereocenters. The minimum atomic E-state index is -1.28. The molecule has 0 bridgehead atoms. The van der Waals surface area contributed by atoms with Crippen molar-refractivity contribution in [3.8, 4) is 17.2 Å². The first-order valence-electron chi connectivity index (χ1n) is 11.9. The van der Waals surface area contributed by atoms with Crippen molar-refractivity contribution < 1.29 is 24.2 Å². The summed E-state index contributed by atoms with van der Waals surface area (Å²) in [6.07, 6.45) is -0.823. The van der Waals surface area contributed by atoms with Gasteiger partial charge in [-0.2, -0.15) is 5.26 Å². The van der Waals surface area contributed by atoms with Crippen molar-refractivity contribution in [2.75, 3.05) is 33.5 Å². The van der Waals surface area contributed by atoms with E-state index < -0.39 is 23.5 Å². The molecule has 2 aromatic carbocycles. The number of rotatable bonds is 9. The monoisotopic (exact) mass is 524 g/mol. The average molecular weight is 525 g/mol. The number of hydrogen-bond acceptors (Lipinski definition) is 7. The number of carbonyl (C=O) groups excluding carboxylic acids is 1. The first kappa shape index (κ1) is 26.3. The van der Waals surface area contributed by atoms with Crippen molar-refractivity contribution >= 4 is 33.6 Å². The second kappa shape index (κ2) is 11.6. The van der Waals surface area contributed by atoms with Crippen LogP contribution in [-0.2, 0) is 20.8 Å².